The summed E-state index contributed by atoms with van der Waals surface area (Å²) in [6.07, 6.45) is 8.51. The number of para-hydroxylation sites is 2. The van der Waals surface area contributed by atoms with Gasteiger partial charge in [-0.05, 0) is 92.7 Å². The van der Waals surface area contributed by atoms with Gasteiger partial charge in [0.2, 0.25) is 0 Å². The number of rotatable bonds is 6. The molecule has 1 aromatic heterocycles. The van der Waals surface area contributed by atoms with E-state index in [2.05, 4.69) is 18.8 Å². The van der Waals surface area contributed by atoms with E-state index >= 15 is 0 Å². The number of thioether (sulfide) groups is 1. The highest BCUT2D eigenvalue weighted by atomic mass is 32.2. The number of fused-ring (bicyclic) bond motifs is 6. The Balaban J connectivity index is 1.21. The van der Waals surface area contributed by atoms with Crippen molar-refractivity contribution >= 4 is 40.4 Å². The van der Waals surface area contributed by atoms with Crippen molar-refractivity contribution in [2.75, 3.05) is 5.75 Å². The molecule has 0 bridgehead atoms. The van der Waals surface area contributed by atoms with Gasteiger partial charge in [0.25, 0.3) is 5.22 Å². The minimum atomic E-state index is -1.28. The van der Waals surface area contributed by atoms with Crippen LogP contribution in [0.25, 0.3) is 11.1 Å². The number of aliphatic hydroxyl groups excluding tert-OH is 1. The fourth-order valence-electron chi connectivity index (χ4n) is 9.41. The van der Waals surface area contributed by atoms with Crippen LogP contribution >= 0.6 is 11.8 Å². The molecule has 7 nitrogen and oxygen atoms in total. The molecule has 0 amide bonds. The molecule has 6 unspecified atom stereocenters. The Kier molecular flexibility index (Phi) is 6.55. The first-order valence-electron chi connectivity index (χ1n) is 15.3. The number of hydrogen-bond acceptors (Lipinski definition) is 8. The Hall–Kier alpha value is -2.45. The van der Waals surface area contributed by atoms with Crippen molar-refractivity contribution in [2.24, 2.45) is 34.5 Å². The van der Waals surface area contributed by atoms with Crippen LogP contribution in [0.3, 0.4) is 0 Å². The summed E-state index contributed by atoms with van der Waals surface area (Å²) in [6.45, 7) is 4.33. The average Bonchev–Trinajstić information content (AvgIpc) is 3.45. The third kappa shape index (κ3) is 4.10. The lowest BCUT2D eigenvalue weighted by Crippen LogP contribution is -2.63. The first-order chi connectivity index (χ1) is 19.6. The lowest BCUT2D eigenvalue weighted by atomic mass is 9.45. The first kappa shape index (κ1) is 27.4. The van der Waals surface area contributed by atoms with Gasteiger partial charge in [0.05, 0.1) is 17.8 Å². The molecule has 5 aliphatic rings. The number of benzene rings is 1. The van der Waals surface area contributed by atoms with Gasteiger partial charge in [0.15, 0.2) is 22.8 Å². The van der Waals surface area contributed by atoms with Crippen LogP contribution < -0.4 is 0 Å². The van der Waals surface area contributed by atoms with Crippen LogP contribution in [-0.4, -0.2) is 45.1 Å². The second-order valence-corrected chi connectivity index (χ2v) is 14.6. The molecule has 0 radical (unpaired) electrons. The Morgan fingerprint density at radius 1 is 1.12 bits per heavy atom. The molecule has 5 aliphatic carbocycles. The van der Waals surface area contributed by atoms with Crippen LogP contribution in [-0.2, 0) is 19.1 Å². The highest BCUT2D eigenvalue weighted by Gasteiger charge is 2.70. The number of Topliss-reactive ketones (excluding diaryl/α,β-unsaturated/α-hetero) is 1. The molecule has 8 heteroatoms. The number of aliphatic hydroxyl groups is 1. The highest BCUT2D eigenvalue weighted by molar-refractivity contribution is 7.99. The summed E-state index contributed by atoms with van der Waals surface area (Å²) in [4.78, 5) is 44.6. The van der Waals surface area contributed by atoms with Crippen molar-refractivity contribution in [3.8, 4) is 0 Å². The van der Waals surface area contributed by atoms with Gasteiger partial charge >= 0.3 is 5.97 Å². The van der Waals surface area contributed by atoms with Gasteiger partial charge in [0.1, 0.15) is 5.52 Å². The molecular weight excluding hydrogens is 538 g/mol. The molecule has 218 valence electrons. The van der Waals surface area contributed by atoms with E-state index in [4.69, 9.17) is 9.15 Å². The summed E-state index contributed by atoms with van der Waals surface area (Å²) in [5.74, 6) is 0.159. The summed E-state index contributed by atoms with van der Waals surface area (Å²) in [7, 11) is 0. The van der Waals surface area contributed by atoms with Crippen LogP contribution in [0.15, 0.2) is 45.6 Å². The smallest absolute Gasteiger partial charge is 0.309 e. The van der Waals surface area contributed by atoms with Crippen LogP contribution in [0.1, 0.15) is 78.1 Å². The van der Waals surface area contributed by atoms with E-state index in [1.165, 1.54) is 17.3 Å². The fraction of sp³-hybridized carbons (Fsp3) is 0.636. The standard InChI is InChI=1S/C33H39NO6S/c1-31-14-12-21(35)16-20(31)10-11-22-23-13-15-33(40-29(38)19-6-5-7-19,32(23,2)17-25(36)28(22)31)27(37)18-41-30-34-24-8-3-4-9-26(24)39-30/h3-4,8-9,16,19,22-23,25,28,36H,5-7,10-15,17-18H2,1-2H3/t22?,23?,25?,28?,31?,32?,33-/m0/s1. The number of carbonyl (C=O) groups is 3. The maximum absolute atomic E-state index is 14.4. The quantitative estimate of drug-likeness (QED) is 0.326. The van der Waals surface area contributed by atoms with Crippen LogP contribution in [0.2, 0.25) is 0 Å². The molecule has 0 saturated heterocycles. The minimum Gasteiger partial charge on any atom is -0.450 e. The Morgan fingerprint density at radius 3 is 2.68 bits per heavy atom. The highest BCUT2D eigenvalue weighted by Crippen LogP contribution is 2.68. The van der Waals surface area contributed by atoms with Gasteiger partial charge in [0, 0.05) is 11.8 Å². The third-order valence-electron chi connectivity index (χ3n) is 11.8. The lowest BCUT2D eigenvalue weighted by molar-refractivity contribution is -0.204. The minimum absolute atomic E-state index is 0.0380. The third-order valence-corrected chi connectivity index (χ3v) is 12.6. The Labute approximate surface area is 244 Å². The summed E-state index contributed by atoms with van der Waals surface area (Å²) >= 11 is 1.25. The fourth-order valence-corrected chi connectivity index (χ4v) is 10.2. The van der Waals surface area contributed by atoms with Gasteiger partial charge in [-0.25, -0.2) is 4.98 Å². The topological polar surface area (TPSA) is 107 Å². The number of carbonyl (C=O) groups excluding carboxylic acids is 3. The van der Waals surface area contributed by atoms with E-state index in [-0.39, 0.29) is 52.4 Å². The van der Waals surface area contributed by atoms with E-state index in [0.717, 1.165) is 50.5 Å². The summed E-state index contributed by atoms with van der Waals surface area (Å²) in [6, 6.07) is 7.52. The number of hydrogen-bond donors (Lipinski definition) is 1. The van der Waals surface area contributed by atoms with Crippen molar-refractivity contribution in [1.82, 2.24) is 4.98 Å². The molecule has 7 atom stereocenters. The largest absolute Gasteiger partial charge is 0.450 e. The molecule has 4 saturated carbocycles. The number of oxazole rings is 1. The molecule has 1 N–H and O–H groups in total. The molecule has 4 fully saturated rings. The Morgan fingerprint density at radius 2 is 1.93 bits per heavy atom. The zero-order chi connectivity index (χ0) is 28.6. The number of nitrogens with zero attached hydrogens (tertiary/aromatic N) is 1. The first-order valence-corrected chi connectivity index (χ1v) is 16.3. The second kappa shape index (κ2) is 9.80. The van der Waals surface area contributed by atoms with Crippen molar-refractivity contribution in [1.29, 1.82) is 0 Å². The maximum Gasteiger partial charge on any atom is 0.309 e. The van der Waals surface area contributed by atoms with E-state index in [0.29, 0.717) is 30.1 Å². The summed E-state index contributed by atoms with van der Waals surface area (Å²) in [5.41, 5.74) is 0.434. The molecule has 0 aliphatic heterocycles. The van der Waals surface area contributed by atoms with Crippen molar-refractivity contribution < 1.29 is 28.6 Å². The maximum atomic E-state index is 14.4. The summed E-state index contributed by atoms with van der Waals surface area (Å²) < 4.78 is 12.3. The predicted octanol–water partition coefficient (Wildman–Crippen LogP) is 6.07. The second-order valence-electron chi connectivity index (χ2n) is 13.7. The number of aromatic nitrogens is 1. The molecule has 7 rings (SSSR count). The van der Waals surface area contributed by atoms with Crippen LogP contribution in [0, 0.1) is 34.5 Å². The zero-order valence-corrected chi connectivity index (χ0v) is 24.7. The number of esters is 1. The summed E-state index contributed by atoms with van der Waals surface area (Å²) in [5, 5.41) is 12.3. The van der Waals surface area contributed by atoms with Gasteiger partial charge in [-0.2, -0.15) is 0 Å². The molecule has 2 aromatic rings. The zero-order valence-electron chi connectivity index (χ0n) is 23.9. The van der Waals surface area contributed by atoms with E-state index in [1.54, 1.807) is 0 Å². The SMILES string of the molecule is CC12CCC(=O)C=C1CCC1C2C(O)CC2(C)C1CC[C@]2(OC(=O)C1CCC1)C(=O)CSc1nc2ccccc2o1. The van der Waals surface area contributed by atoms with Crippen LogP contribution in [0.4, 0.5) is 0 Å². The number of allylic oxidation sites excluding steroid dienone is 1. The van der Waals surface area contributed by atoms with Gasteiger partial charge in [-0.15, -0.1) is 0 Å². The van der Waals surface area contributed by atoms with Crippen molar-refractivity contribution in [2.45, 2.75) is 95.0 Å². The van der Waals surface area contributed by atoms with Crippen molar-refractivity contribution in [3.05, 3.63) is 35.9 Å². The van der Waals surface area contributed by atoms with E-state index < -0.39 is 17.1 Å². The number of ketones is 2. The molecule has 41 heavy (non-hydrogen) atoms. The molecular formula is C33H39NO6S. The molecule has 1 heterocycles. The monoisotopic (exact) mass is 577 g/mol. The van der Waals surface area contributed by atoms with Gasteiger partial charge in [-0.3, -0.25) is 14.4 Å². The normalized spacial score (nSPS) is 38.4. The van der Waals surface area contributed by atoms with Crippen molar-refractivity contribution in [3.63, 3.8) is 0 Å². The van der Waals surface area contributed by atoms with Crippen LogP contribution in [0.5, 0.6) is 0 Å². The van der Waals surface area contributed by atoms with Gasteiger partial charge < -0.3 is 14.3 Å². The van der Waals surface area contributed by atoms with Gasteiger partial charge in [-0.1, -0.05) is 49.7 Å². The average molecular weight is 578 g/mol. The predicted molar refractivity (Wildman–Crippen MR) is 154 cm³/mol. The molecule has 1 aromatic carbocycles. The molecule has 0 spiro atoms. The Bertz CT molecular complexity index is 1410. The number of ether oxygens (including phenoxy) is 1. The van der Waals surface area contributed by atoms with E-state index in [9.17, 15) is 19.5 Å². The lowest BCUT2D eigenvalue weighted by Gasteiger charge is -2.60. The van der Waals surface area contributed by atoms with E-state index in [1.807, 2.05) is 30.3 Å².